The Hall–Kier alpha value is -3.43. The number of hydrogen-bond donors (Lipinski definition) is 3. The van der Waals surface area contributed by atoms with Crippen molar-refractivity contribution >= 4 is 41.1 Å². The maximum absolute atomic E-state index is 12.5. The summed E-state index contributed by atoms with van der Waals surface area (Å²) in [6, 6.07) is 5.76. The van der Waals surface area contributed by atoms with Crippen LogP contribution in [-0.2, 0) is 23.9 Å². The van der Waals surface area contributed by atoms with Crippen LogP contribution in [0.5, 0.6) is 0 Å². The Morgan fingerprint density at radius 2 is 1.73 bits per heavy atom. The van der Waals surface area contributed by atoms with E-state index in [4.69, 9.17) is 4.74 Å². The van der Waals surface area contributed by atoms with Crippen LogP contribution in [0, 0.1) is 5.92 Å². The molecule has 0 unspecified atom stereocenters. The summed E-state index contributed by atoms with van der Waals surface area (Å²) in [4.78, 5) is 60.9. The smallest absolute Gasteiger partial charge is 0.327 e. The van der Waals surface area contributed by atoms with E-state index in [2.05, 4.69) is 16.0 Å². The highest BCUT2D eigenvalue weighted by atomic mass is 16.5. The van der Waals surface area contributed by atoms with Gasteiger partial charge in [0.05, 0.1) is 0 Å². The van der Waals surface area contributed by atoms with Gasteiger partial charge in [0.15, 0.2) is 6.10 Å². The molecule has 1 aliphatic carbocycles. The van der Waals surface area contributed by atoms with E-state index >= 15 is 0 Å². The summed E-state index contributed by atoms with van der Waals surface area (Å²) in [5.41, 5.74) is 0.0436. The van der Waals surface area contributed by atoms with Gasteiger partial charge < -0.3 is 20.7 Å². The molecule has 0 spiro atoms. The number of nitrogens with zero attached hydrogens (tertiary/aromatic N) is 1. The second-order valence-corrected chi connectivity index (χ2v) is 7.68. The predicted molar refractivity (Wildman–Crippen MR) is 106 cm³/mol. The van der Waals surface area contributed by atoms with Gasteiger partial charge in [-0.05, 0) is 56.9 Å². The average molecular weight is 416 g/mol. The molecule has 10 nitrogen and oxygen atoms in total. The van der Waals surface area contributed by atoms with Gasteiger partial charge in [0.2, 0.25) is 5.91 Å². The minimum atomic E-state index is -1.14. The molecule has 160 valence electrons. The van der Waals surface area contributed by atoms with Crippen LogP contribution in [0.1, 0.15) is 33.6 Å². The number of rotatable bonds is 7. The molecule has 1 aromatic rings. The number of imide groups is 1. The average Bonchev–Trinajstić information content (AvgIpc) is 3.49. The van der Waals surface area contributed by atoms with E-state index in [-0.39, 0.29) is 11.8 Å². The van der Waals surface area contributed by atoms with Crippen LogP contribution >= 0.6 is 0 Å². The number of amides is 5. The number of ether oxygens (including phenoxy) is 1. The highest BCUT2D eigenvalue weighted by Crippen LogP contribution is 2.42. The van der Waals surface area contributed by atoms with Crippen LogP contribution in [0.25, 0.3) is 0 Å². The molecule has 3 N–H and O–H groups in total. The lowest BCUT2D eigenvalue weighted by Crippen LogP contribution is -2.46. The van der Waals surface area contributed by atoms with Crippen LogP contribution in [0.2, 0.25) is 0 Å². The number of anilines is 2. The van der Waals surface area contributed by atoms with Crippen molar-refractivity contribution in [2.75, 3.05) is 17.2 Å². The third kappa shape index (κ3) is 4.58. The molecule has 1 saturated carbocycles. The third-order valence-corrected chi connectivity index (χ3v) is 5.13. The summed E-state index contributed by atoms with van der Waals surface area (Å²) in [6.45, 7) is 3.87. The fraction of sp³-hybridized carbons (Fsp3) is 0.450. The number of carbonyl (C=O) groups is 5. The summed E-state index contributed by atoms with van der Waals surface area (Å²) >= 11 is 0. The molecule has 0 radical (unpaired) electrons. The zero-order valence-electron chi connectivity index (χ0n) is 17.0. The van der Waals surface area contributed by atoms with Crippen LogP contribution in [0.4, 0.5) is 16.2 Å². The molecule has 30 heavy (non-hydrogen) atoms. The first-order chi connectivity index (χ1) is 14.1. The van der Waals surface area contributed by atoms with E-state index in [1.165, 1.54) is 13.8 Å². The first-order valence-electron chi connectivity index (χ1n) is 9.62. The van der Waals surface area contributed by atoms with Crippen LogP contribution in [0.15, 0.2) is 24.3 Å². The molecule has 1 aromatic carbocycles. The molecule has 1 saturated heterocycles. The minimum Gasteiger partial charge on any atom is -0.451 e. The largest absolute Gasteiger partial charge is 0.451 e. The van der Waals surface area contributed by atoms with Gasteiger partial charge in [0, 0.05) is 18.3 Å². The summed E-state index contributed by atoms with van der Waals surface area (Å²) in [5.74, 6) is -2.02. The van der Waals surface area contributed by atoms with E-state index in [1.54, 1.807) is 31.2 Å². The molecule has 3 rings (SSSR count). The van der Waals surface area contributed by atoms with Gasteiger partial charge in [-0.1, -0.05) is 0 Å². The zero-order valence-corrected chi connectivity index (χ0v) is 17.0. The van der Waals surface area contributed by atoms with E-state index in [1.807, 2.05) is 0 Å². The Kier molecular flexibility index (Phi) is 5.77. The highest BCUT2D eigenvalue weighted by Gasteiger charge is 2.56. The lowest BCUT2D eigenvalue weighted by atomic mass is 9.96. The number of hydrogen-bond acceptors (Lipinski definition) is 6. The lowest BCUT2D eigenvalue weighted by Gasteiger charge is -2.21. The van der Waals surface area contributed by atoms with E-state index < -0.39 is 42.0 Å². The zero-order chi connectivity index (χ0) is 22.1. The van der Waals surface area contributed by atoms with Crippen molar-refractivity contribution < 1.29 is 28.7 Å². The Labute approximate surface area is 173 Å². The lowest BCUT2D eigenvalue weighted by molar-refractivity contribution is -0.155. The molecule has 5 amide bonds. The van der Waals surface area contributed by atoms with Gasteiger partial charge in [-0.3, -0.25) is 24.1 Å². The van der Waals surface area contributed by atoms with Gasteiger partial charge in [0.25, 0.3) is 11.8 Å². The Morgan fingerprint density at radius 3 is 2.27 bits per heavy atom. The van der Waals surface area contributed by atoms with Crippen molar-refractivity contribution in [1.82, 2.24) is 10.2 Å². The van der Waals surface area contributed by atoms with E-state index in [0.29, 0.717) is 11.4 Å². The fourth-order valence-electron chi connectivity index (χ4n) is 3.30. The van der Waals surface area contributed by atoms with Crippen molar-refractivity contribution in [3.63, 3.8) is 0 Å². The number of esters is 1. The quantitative estimate of drug-likeness (QED) is 0.452. The van der Waals surface area contributed by atoms with E-state index in [0.717, 1.165) is 17.7 Å². The summed E-state index contributed by atoms with van der Waals surface area (Å²) in [6.07, 6.45) is 0.566. The third-order valence-electron chi connectivity index (χ3n) is 5.13. The molecule has 1 aliphatic heterocycles. The molecule has 0 aromatic heterocycles. The van der Waals surface area contributed by atoms with Gasteiger partial charge in [-0.2, -0.15) is 0 Å². The number of nitrogens with one attached hydrogen (secondary N) is 3. The molecule has 2 aliphatic rings. The first-order valence-corrected chi connectivity index (χ1v) is 9.62. The molecule has 0 bridgehead atoms. The van der Waals surface area contributed by atoms with Crippen LogP contribution in [-0.4, -0.2) is 52.8 Å². The van der Waals surface area contributed by atoms with Gasteiger partial charge >= 0.3 is 12.0 Å². The second kappa shape index (κ2) is 8.13. The van der Waals surface area contributed by atoms with Gasteiger partial charge in [0.1, 0.15) is 12.1 Å². The normalized spacial score (nSPS) is 21.6. The summed E-state index contributed by atoms with van der Waals surface area (Å²) in [5, 5.41) is 7.84. The fourth-order valence-corrected chi connectivity index (χ4v) is 3.30. The molecule has 2 fully saturated rings. The van der Waals surface area contributed by atoms with Crippen molar-refractivity contribution in [1.29, 1.82) is 0 Å². The Morgan fingerprint density at radius 1 is 1.17 bits per heavy atom. The molecular weight excluding hydrogens is 392 g/mol. The predicted octanol–water partition coefficient (Wildman–Crippen LogP) is 1.24. The van der Waals surface area contributed by atoms with Gasteiger partial charge in [-0.15, -0.1) is 0 Å². The van der Waals surface area contributed by atoms with Crippen molar-refractivity contribution in [2.45, 2.75) is 45.3 Å². The summed E-state index contributed by atoms with van der Waals surface area (Å²) in [7, 11) is 0. The van der Waals surface area contributed by atoms with Crippen molar-refractivity contribution in [2.24, 2.45) is 5.92 Å². The van der Waals surface area contributed by atoms with E-state index in [9.17, 15) is 24.0 Å². The molecular formula is C20H24N4O6. The van der Waals surface area contributed by atoms with Crippen molar-refractivity contribution in [3.8, 4) is 0 Å². The molecule has 1 heterocycles. The Bertz CT molecular complexity index is 895. The number of urea groups is 1. The minimum absolute atomic E-state index is 0.0803. The SMILES string of the molecule is CC(=O)Nc1ccc(NC(=O)[C@@H](C)OC(=O)CN2C(=O)N[C@@](C)(C3CC3)C2=O)cc1. The number of benzene rings is 1. The maximum Gasteiger partial charge on any atom is 0.327 e. The number of carbonyl (C=O) groups excluding carboxylic acids is 5. The van der Waals surface area contributed by atoms with Crippen LogP contribution in [0.3, 0.4) is 0 Å². The maximum atomic E-state index is 12.5. The monoisotopic (exact) mass is 416 g/mol. The second-order valence-electron chi connectivity index (χ2n) is 7.68. The topological polar surface area (TPSA) is 134 Å². The first kappa shape index (κ1) is 21.3. The molecule has 2 atom stereocenters. The molecule has 10 heteroatoms. The van der Waals surface area contributed by atoms with Gasteiger partial charge in [-0.25, -0.2) is 4.79 Å². The standard InChI is InChI=1S/C20H24N4O6/c1-11(17(27)22-15-8-6-14(7-9-15)21-12(2)25)30-16(26)10-24-18(28)20(3,13-4-5-13)23-19(24)29/h6-9,11,13H,4-5,10H2,1-3H3,(H,21,25)(H,22,27)(H,23,29)/t11-,20+/m1/s1. The van der Waals surface area contributed by atoms with Crippen molar-refractivity contribution in [3.05, 3.63) is 24.3 Å². The Balaban J connectivity index is 1.51. The highest BCUT2D eigenvalue weighted by molar-refractivity contribution is 6.09. The summed E-state index contributed by atoms with van der Waals surface area (Å²) < 4.78 is 5.08. The van der Waals surface area contributed by atoms with Crippen LogP contribution < -0.4 is 16.0 Å².